The lowest BCUT2D eigenvalue weighted by atomic mass is 10.0. The van der Waals surface area contributed by atoms with Crippen LogP contribution in [-0.2, 0) is 32.4 Å². The predicted octanol–water partition coefficient (Wildman–Crippen LogP) is -3.59. The Bertz CT molecular complexity index is 1470. The minimum absolute atomic E-state index is 0.0142. The van der Waals surface area contributed by atoms with Crippen molar-refractivity contribution in [2.45, 2.75) is 81.6 Å². The number of nitrogens with zero attached hydrogens (tertiary/aromatic N) is 4. The van der Waals surface area contributed by atoms with E-state index in [4.69, 9.17) is 23.6 Å². The number of hydrogen-bond donors (Lipinski definition) is 11. The maximum Gasteiger partial charge on any atom is 0.433 e. The lowest BCUT2D eigenvalue weighted by Gasteiger charge is -2.22. The van der Waals surface area contributed by atoms with Crippen molar-refractivity contribution in [1.29, 1.82) is 0 Å². The first-order valence-corrected chi connectivity index (χ1v) is 16.9. The van der Waals surface area contributed by atoms with Gasteiger partial charge in [-0.2, -0.15) is 0 Å². The molecule has 12 atom stereocenters. The van der Waals surface area contributed by atoms with Gasteiger partial charge in [-0.15, -0.1) is 0 Å². The third-order valence-electron chi connectivity index (χ3n) is 7.08. The summed E-state index contributed by atoms with van der Waals surface area (Å²) in [6.45, 7) is 1.62. The zero-order chi connectivity index (χ0) is 34.1. The summed E-state index contributed by atoms with van der Waals surface area (Å²) in [6, 6.07) is 0. The van der Waals surface area contributed by atoms with E-state index in [0.717, 1.165) is 12.7 Å². The van der Waals surface area contributed by atoms with Gasteiger partial charge < -0.3 is 55.0 Å². The second kappa shape index (κ2) is 14.5. The number of carbonyl (C=O) groups is 1. The normalized spacial score (nSPS) is 31.3. The quantitative estimate of drug-likeness (QED) is 0.0847. The van der Waals surface area contributed by atoms with E-state index in [1.165, 1.54) is 18.4 Å². The first-order valence-electron chi connectivity index (χ1n) is 13.7. The summed E-state index contributed by atoms with van der Waals surface area (Å²) < 4.78 is 47.0. The number of hydrogen-bond acceptors (Lipinski definition) is 17. The Labute approximate surface area is 259 Å². The molecular weight excluding hydrogens is 666 g/mol. The van der Waals surface area contributed by atoms with E-state index < -0.39 is 102 Å². The van der Waals surface area contributed by atoms with Gasteiger partial charge in [0.05, 0.1) is 31.7 Å². The van der Waals surface area contributed by atoms with Crippen molar-refractivity contribution in [3.8, 4) is 0 Å². The molecule has 0 bridgehead atoms. The van der Waals surface area contributed by atoms with E-state index in [1.54, 1.807) is 5.09 Å². The van der Waals surface area contributed by atoms with Crippen molar-refractivity contribution < 1.29 is 78.0 Å². The summed E-state index contributed by atoms with van der Waals surface area (Å²) >= 11 is 0. The van der Waals surface area contributed by atoms with Crippen LogP contribution in [0.2, 0.25) is 0 Å². The Morgan fingerprint density at radius 3 is 2.43 bits per heavy atom. The van der Waals surface area contributed by atoms with E-state index in [1.807, 2.05) is 0 Å². The molecule has 22 nitrogen and oxygen atoms in total. The average Bonchev–Trinajstić information content (AvgIpc) is 3.66. The van der Waals surface area contributed by atoms with Crippen molar-refractivity contribution in [2.75, 3.05) is 18.3 Å². The maximum absolute atomic E-state index is 12.8. The van der Waals surface area contributed by atoms with E-state index in [9.17, 15) is 54.4 Å². The van der Waals surface area contributed by atoms with Crippen LogP contribution in [0, 0.1) is 5.92 Å². The van der Waals surface area contributed by atoms with Gasteiger partial charge >= 0.3 is 15.5 Å². The molecule has 4 heterocycles. The Morgan fingerprint density at radius 1 is 1.09 bits per heavy atom. The summed E-state index contributed by atoms with van der Waals surface area (Å²) in [6.07, 6.45) is -13.5. The molecule has 11 N–H and O–H groups in total. The summed E-state index contributed by atoms with van der Waals surface area (Å²) in [5, 5.41) is 73.0. The van der Waals surface area contributed by atoms with Gasteiger partial charge in [0.1, 0.15) is 36.8 Å². The lowest BCUT2D eigenvalue weighted by molar-refractivity contribution is -0.139. The van der Waals surface area contributed by atoms with Crippen LogP contribution in [0.25, 0.3) is 11.2 Å². The minimum atomic E-state index is -4.92. The first-order chi connectivity index (χ1) is 21.4. The highest BCUT2D eigenvalue weighted by atomic mass is 31.2. The zero-order valence-electron chi connectivity index (χ0n) is 24.2. The number of anilines is 1. The zero-order valence-corrected chi connectivity index (χ0v) is 26.0. The molecule has 0 spiro atoms. The van der Waals surface area contributed by atoms with Gasteiger partial charge in [0.15, 0.2) is 35.6 Å². The highest BCUT2D eigenvalue weighted by molar-refractivity contribution is 7.54. The monoisotopic (exact) mass is 702 g/mol. The molecule has 10 unspecified atom stereocenters. The summed E-state index contributed by atoms with van der Waals surface area (Å²) in [5.41, 5.74) is -0.123. The molecule has 2 aliphatic rings. The van der Waals surface area contributed by atoms with Crippen LogP contribution in [0.4, 0.5) is 5.82 Å². The predicted molar refractivity (Wildman–Crippen MR) is 149 cm³/mol. The smallest absolute Gasteiger partial charge is 0.394 e. The van der Waals surface area contributed by atoms with Crippen molar-refractivity contribution in [1.82, 2.24) is 24.6 Å². The first kappa shape index (κ1) is 36.6. The number of imidazole rings is 1. The van der Waals surface area contributed by atoms with Crippen LogP contribution in [0.5, 0.6) is 0 Å². The molecule has 2 fully saturated rings. The minimum Gasteiger partial charge on any atom is -0.394 e. The molecule has 0 aromatic carbocycles. The lowest BCUT2D eigenvalue weighted by Crippen LogP contribution is -2.43. The fraction of sp³-hybridized carbons (Fsp3) is 0.727. The number of aliphatic hydroxyl groups is 7. The number of carbonyl (C=O) groups excluding carboxylic acids is 1. The fourth-order valence-corrected chi connectivity index (χ4v) is 6.41. The van der Waals surface area contributed by atoms with Crippen molar-refractivity contribution in [3.63, 3.8) is 0 Å². The van der Waals surface area contributed by atoms with Crippen LogP contribution in [0.15, 0.2) is 12.7 Å². The summed E-state index contributed by atoms with van der Waals surface area (Å²) in [4.78, 5) is 44.4. The van der Waals surface area contributed by atoms with Crippen LogP contribution in [0.3, 0.4) is 0 Å². The number of aromatic nitrogens is 4. The SMILES string of the molecule is CC(C)[C@@H](O)[C@H](O)C(=O)NP(=O)(O)OCC1CC(O)C(n2cnc3c(NP(=O)(O)OC4OC(C(O)CO)C(O)C4O)ncnc32)O1. The Kier molecular flexibility index (Phi) is 11.5. The van der Waals surface area contributed by atoms with Crippen molar-refractivity contribution in [2.24, 2.45) is 5.92 Å². The summed E-state index contributed by atoms with van der Waals surface area (Å²) in [5.74, 6) is -2.21. The van der Waals surface area contributed by atoms with Gasteiger partial charge in [-0.05, 0) is 5.92 Å². The highest BCUT2D eigenvalue weighted by Gasteiger charge is 2.49. The second-order valence-corrected chi connectivity index (χ2v) is 13.9. The topological polar surface area (TPSA) is 338 Å². The molecule has 2 aromatic heterocycles. The molecule has 46 heavy (non-hydrogen) atoms. The largest absolute Gasteiger partial charge is 0.433 e. The molecule has 2 aromatic rings. The molecular formula is C22H36N6O16P2. The molecule has 0 aliphatic carbocycles. The maximum atomic E-state index is 12.8. The number of nitrogens with one attached hydrogen (secondary N) is 2. The van der Waals surface area contributed by atoms with Crippen LogP contribution in [-0.4, -0.2) is 139 Å². The molecule has 0 radical (unpaired) electrons. The molecule has 4 rings (SSSR count). The Hall–Kier alpha value is -2.24. The number of rotatable bonds is 14. The molecule has 1 amide bonds. The average molecular weight is 703 g/mol. The van der Waals surface area contributed by atoms with E-state index >= 15 is 0 Å². The van der Waals surface area contributed by atoms with Gasteiger partial charge in [-0.3, -0.25) is 28.6 Å². The van der Waals surface area contributed by atoms with E-state index in [2.05, 4.69) is 20.0 Å². The van der Waals surface area contributed by atoms with E-state index in [0.29, 0.717) is 0 Å². The highest BCUT2D eigenvalue weighted by Crippen LogP contribution is 2.46. The number of ether oxygens (including phenoxy) is 2. The van der Waals surface area contributed by atoms with E-state index in [-0.39, 0.29) is 23.4 Å². The van der Waals surface area contributed by atoms with Crippen molar-refractivity contribution >= 4 is 38.4 Å². The third-order valence-corrected chi connectivity index (χ3v) is 9.07. The Morgan fingerprint density at radius 2 is 1.78 bits per heavy atom. The molecule has 2 aliphatic heterocycles. The molecule has 0 saturated carbocycles. The van der Waals surface area contributed by atoms with Gasteiger partial charge in [0.2, 0.25) is 0 Å². The Balaban J connectivity index is 1.39. The molecule has 260 valence electrons. The molecule has 24 heteroatoms. The summed E-state index contributed by atoms with van der Waals surface area (Å²) in [7, 11) is -9.75. The van der Waals surface area contributed by atoms with Gasteiger partial charge in [0, 0.05) is 6.42 Å². The number of amides is 1. The van der Waals surface area contributed by atoms with Gasteiger partial charge in [0.25, 0.3) is 5.91 Å². The fourth-order valence-electron chi connectivity index (χ4n) is 4.63. The second-order valence-electron chi connectivity index (χ2n) is 10.9. The van der Waals surface area contributed by atoms with Crippen molar-refractivity contribution in [3.05, 3.63) is 12.7 Å². The number of aliphatic hydroxyl groups excluding tert-OH is 7. The third kappa shape index (κ3) is 8.24. The number of fused-ring (bicyclic) bond motifs is 1. The van der Waals surface area contributed by atoms with Gasteiger partial charge in [-0.1, -0.05) is 13.8 Å². The molecule has 2 saturated heterocycles. The van der Waals surface area contributed by atoms with Crippen LogP contribution < -0.4 is 10.2 Å². The van der Waals surface area contributed by atoms with Crippen LogP contribution in [0.1, 0.15) is 26.5 Å². The standard InChI is InChI=1S/C22H36N6O16P2/c1-8(2)13(32)15(34)20(36)27-45(37,38)41-5-9-3-10(30)21(42-9)28-7-25-12-18(23-6-24-19(12)28)26-46(39,40)44-22-16(35)14(33)17(43-22)11(31)4-29/h6-11,13-17,21-22,29-35H,3-5H2,1-2H3,(H2,27,36,37,38)(H2,23,24,26,39,40)/t9?,10?,11?,13-,14?,15+,16?,17?,21?,22?/m1/s1. The van der Waals surface area contributed by atoms with Gasteiger partial charge in [-0.25, -0.2) is 24.1 Å². The van der Waals surface area contributed by atoms with Crippen LogP contribution >= 0.6 is 15.5 Å².